The average molecular weight is 424 g/mol. The van der Waals surface area contributed by atoms with Crippen molar-refractivity contribution in [2.24, 2.45) is 0 Å². The van der Waals surface area contributed by atoms with E-state index in [1.165, 1.54) is 0 Å². The van der Waals surface area contributed by atoms with Crippen molar-refractivity contribution in [2.45, 2.75) is 12.0 Å². The molecule has 1 aliphatic rings. The molecule has 0 spiro atoms. The number of nitrogens with one attached hydrogen (secondary N) is 1. The number of nitrogens with zero attached hydrogens (tertiary/aromatic N) is 1. The van der Waals surface area contributed by atoms with Crippen molar-refractivity contribution in [1.82, 2.24) is 10.2 Å². The monoisotopic (exact) mass is 424 g/mol. The van der Waals surface area contributed by atoms with Crippen LogP contribution in [0, 0.1) is 0 Å². The topological polar surface area (TPSA) is 79.6 Å². The van der Waals surface area contributed by atoms with E-state index >= 15 is 0 Å². The van der Waals surface area contributed by atoms with E-state index in [1.54, 1.807) is 12.1 Å². The molecule has 4 aromatic rings. The van der Waals surface area contributed by atoms with Crippen LogP contribution in [-0.2, 0) is 16.8 Å². The first-order valence-electron chi connectivity index (χ1n) is 10.3. The molecule has 1 fully saturated rings. The Labute approximate surface area is 184 Å². The molecule has 3 amide bonds. The van der Waals surface area contributed by atoms with Crippen LogP contribution in [0.4, 0.5) is 4.79 Å². The Bertz CT molecular complexity index is 1280. The standard InChI is InChI=1S/C26H20N2O4/c29-21(23-15-19-11-7-8-14-22(19)32-23)17-28-24(30)26(27-25(28)31,20-12-5-2-6-13-20)16-18-9-3-1-4-10-18/h1-15H,16-17H2,(H,27,31). The molecular formula is C26H20N2O4. The average Bonchev–Trinajstić information content (AvgIpc) is 3.36. The number of amides is 3. The van der Waals surface area contributed by atoms with Crippen LogP contribution < -0.4 is 5.32 Å². The van der Waals surface area contributed by atoms with Crippen LogP contribution in [0.2, 0.25) is 0 Å². The highest BCUT2D eigenvalue weighted by Gasteiger charge is 2.52. The normalized spacial score (nSPS) is 18.2. The fourth-order valence-corrected chi connectivity index (χ4v) is 4.15. The van der Waals surface area contributed by atoms with Gasteiger partial charge in [0, 0.05) is 11.8 Å². The number of Topliss-reactive ketones (excluding diaryl/α,β-unsaturated/α-hetero) is 1. The summed E-state index contributed by atoms with van der Waals surface area (Å²) in [6.07, 6.45) is 0.276. The molecule has 1 atom stereocenters. The molecule has 3 aromatic carbocycles. The van der Waals surface area contributed by atoms with Gasteiger partial charge in [-0.15, -0.1) is 0 Å². The third kappa shape index (κ3) is 3.36. The number of benzene rings is 3. The number of urea groups is 1. The van der Waals surface area contributed by atoms with E-state index < -0.39 is 29.8 Å². The number of rotatable bonds is 6. The van der Waals surface area contributed by atoms with E-state index in [-0.39, 0.29) is 12.2 Å². The van der Waals surface area contributed by atoms with Crippen LogP contribution in [0.25, 0.3) is 11.0 Å². The minimum absolute atomic E-state index is 0.118. The van der Waals surface area contributed by atoms with Gasteiger partial charge in [0.2, 0.25) is 5.78 Å². The van der Waals surface area contributed by atoms with Gasteiger partial charge in [-0.1, -0.05) is 78.9 Å². The maximum Gasteiger partial charge on any atom is 0.325 e. The van der Waals surface area contributed by atoms with E-state index in [0.717, 1.165) is 15.8 Å². The molecule has 0 saturated carbocycles. The lowest BCUT2D eigenvalue weighted by Crippen LogP contribution is -2.46. The first kappa shape index (κ1) is 19.8. The van der Waals surface area contributed by atoms with Gasteiger partial charge in [-0.3, -0.25) is 14.5 Å². The summed E-state index contributed by atoms with van der Waals surface area (Å²) >= 11 is 0. The molecule has 2 heterocycles. The van der Waals surface area contributed by atoms with Crippen molar-refractivity contribution in [3.05, 3.63) is 108 Å². The smallest absolute Gasteiger partial charge is 0.325 e. The van der Waals surface area contributed by atoms with E-state index in [0.29, 0.717) is 11.1 Å². The zero-order valence-corrected chi connectivity index (χ0v) is 17.2. The number of para-hydroxylation sites is 1. The van der Waals surface area contributed by atoms with Gasteiger partial charge in [-0.25, -0.2) is 4.79 Å². The Morgan fingerprint density at radius 3 is 2.25 bits per heavy atom. The zero-order valence-electron chi connectivity index (χ0n) is 17.2. The quantitative estimate of drug-likeness (QED) is 0.370. The van der Waals surface area contributed by atoms with Gasteiger partial charge in [0.25, 0.3) is 5.91 Å². The van der Waals surface area contributed by atoms with Gasteiger partial charge in [0.1, 0.15) is 5.58 Å². The highest BCUT2D eigenvalue weighted by molar-refractivity contribution is 6.11. The van der Waals surface area contributed by atoms with E-state index in [1.807, 2.05) is 78.9 Å². The molecule has 1 aromatic heterocycles. The van der Waals surface area contributed by atoms with Gasteiger partial charge < -0.3 is 9.73 Å². The van der Waals surface area contributed by atoms with Crippen LogP contribution in [0.3, 0.4) is 0 Å². The van der Waals surface area contributed by atoms with Gasteiger partial charge in [-0.2, -0.15) is 0 Å². The van der Waals surface area contributed by atoms with E-state index in [9.17, 15) is 14.4 Å². The number of hydrogen-bond acceptors (Lipinski definition) is 4. The van der Waals surface area contributed by atoms with Gasteiger partial charge >= 0.3 is 6.03 Å². The fraction of sp³-hybridized carbons (Fsp3) is 0.115. The lowest BCUT2D eigenvalue weighted by atomic mass is 9.83. The highest BCUT2D eigenvalue weighted by atomic mass is 16.3. The first-order valence-corrected chi connectivity index (χ1v) is 10.3. The minimum Gasteiger partial charge on any atom is -0.453 e. The predicted octanol–water partition coefficient (Wildman–Crippen LogP) is 4.31. The summed E-state index contributed by atoms with van der Waals surface area (Å²) in [6, 6.07) is 26.9. The molecule has 1 saturated heterocycles. The molecule has 6 heteroatoms. The van der Waals surface area contributed by atoms with Crippen molar-refractivity contribution < 1.29 is 18.8 Å². The maximum absolute atomic E-state index is 13.6. The van der Waals surface area contributed by atoms with Gasteiger partial charge in [0.15, 0.2) is 11.3 Å². The molecule has 1 aliphatic heterocycles. The molecular weight excluding hydrogens is 404 g/mol. The second kappa shape index (κ2) is 7.81. The van der Waals surface area contributed by atoms with Crippen molar-refractivity contribution in [2.75, 3.05) is 6.54 Å². The second-order valence-corrected chi connectivity index (χ2v) is 7.83. The lowest BCUT2D eigenvalue weighted by molar-refractivity contribution is -0.131. The number of hydrogen-bond donors (Lipinski definition) is 1. The number of furan rings is 1. The molecule has 0 radical (unpaired) electrons. The summed E-state index contributed by atoms with van der Waals surface area (Å²) in [5.41, 5.74) is 0.862. The van der Waals surface area contributed by atoms with Crippen LogP contribution >= 0.6 is 0 Å². The van der Waals surface area contributed by atoms with Crippen molar-refractivity contribution in [3.63, 3.8) is 0 Å². The summed E-state index contributed by atoms with van der Waals surface area (Å²) < 4.78 is 5.62. The van der Waals surface area contributed by atoms with Crippen LogP contribution in [0.1, 0.15) is 21.7 Å². The third-order valence-electron chi connectivity index (χ3n) is 5.76. The number of ketones is 1. The Morgan fingerprint density at radius 1 is 0.875 bits per heavy atom. The summed E-state index contributed by atoms with van der Waals surface area (Å²) in [6.45, 7) is -0.395. The molecule has 0 bridgehead atoms. The van der Waals surface area contributed by atoms with Gasteiger partial charge in [0.05, 0.1) is 6.54 Å². The molecule has 158 valence electrons. The number of imide groups is 1. The van der Waals surface area contributed by atoms with Crippen molar-refractivity contribution >= 4 is 28.7 Å². The highest BCUT2D eigenvalue weighted by Crippen LogP contribution is 2.33. The minimum atomic E-state index is -1.28. The Balaban J connectivity index is 1.47. The number of carbonyl (C=O) groups is 3. The van der Waals surface area contributed by atoms with Crippen LogP contribution in [0.5, 0.6) is 0 Å². The number of carbonyl (C=O) groups excluding carboxylic acids is 3. The first-order chi connectivity index (χ1) is 15.6. The van der Waals surface area contributed by atoms with Crippen LogP contribution in [0.15, 0.2) is 95.4 Å². The zero-order chi connectivity index (χ0) is 22.1. The summed E-state index contributed by atoms with van der Waals surface area (Å²) in [5, 5.41) is 3.66. The Kier molecular flexibility index (Phi) is 4.82. The summed E-state index contributed by atoms with van der Waals surface area (Å²) in [5.74, 6) is -0.776. The summed E-state index contributed by atoms with van der Waals surface area (Å²) in [4.78, 5) is 40.4. The molecule has 1 N–H and O–H groups in total. The largest absolute Gasteiger partial charge is 0.453 e. The SMILES string of the molecule is O=C(CN1C(=O)NC(Cc2ccccc2)(c2ccccc2)C1=O)c1cc2ccccc2o1. The third-order valence-corrected chi connectivity index (χ3v) is 5.76. The molecule has 32 heavy (non-hydrogen) atoms. The fourth-order valence-electron chi connectivity index (χ4n) is 4.15. The van der Waals surface area contributed by atoms with E-state index in [4.69, 9.17) is 4.42 Å². The lowest BCUT2D eigenvalue weighted by Gasteiger charge is -2.27. The summed E-state index contributed by atoms with van der Waals surface area (Å²) in [7, 11) is 0. The predicted molar refractivity (Wildman–Crippen MR) is 119 cm³/mol. The molecule has 1 unspecified atom stereocenters. The molecule has 5 rings (SSSR count). The Hall–Kier alpha value is -4.19. The molecule has 6 nitrogen and oxygen atoms in total. The van der Waals surface area contributed by atoms with Gasteiger partial charge in [-0.05, 0) is 23.3 Å². The second-order valence-electron chi connectivity index (χ2n) is 7.83. The number of fused-ring (bicyclic) bond motifs is 1. The van der Waals surface area contributed by atoms with Crippen molar-refractivity contribution in [3.8, 4) is 0 Å². The molecule has 0 aliphatic carbocycles. The maximum atomic E-state index is 13.6. The van der Waals surface area contributed by atoms with E-state index in [2.05, 4.69) is 5.32 Å². The Morgan fingerprint density at radius 2 is 1.53 bits per heavy atom. The van der Waals surface area contributed by atoms with Crippen LogP contribution in [-0.4, -0.2) is 29.2 Å². The van der Waals surface area contributed by atoms with Crippen molar-refractivity contribution in [1.29, 1.82) is 0 Å².